The lowest BCUT2D eigenvalue weighted by Gasteiger charge is -2.27. The van der Waals surface area contributed by atoms with Crippen LogP contribution in [0.2, 0.25) is 18.1 Å². The summed E-state index contributed by atoms with van der Waals surface area (Å²) in [6.07, 6.45) is 15.3. The average molecular weight is 283 g/mol. The van der Waals surface area contributed by atoms with E-state index in [2.05, 4.69) is 26.7 Å². The molecule has 0 aromatic carbocycles. The monoisotopic (exact) mass is 282 g/mol. The van der Waals surface area contributed by atoms with Gasteiger partial charge in [0.15, 0.2) is 8.32 Å². The molecule has 0 bridgehead atoms. The SMILES string of the molecule is C#CCCCCCCCCCO[Si](CC)(CC)CC. The molecule has 0 unspecified atom stereocenters. The Morgan fingerprint density at radius 1 is 0.789 bits per heavy atom. The van der Waals surface area contributed by atoms with E-state index in [4.69, 9.17) is 10.8 Å². The second kappa shape index (κ2) is 12.8. The smallest absolute Gasteiger partial charge is 0.191 e. The minimum absolute atomic E-state index is 0.950. The van der Waals surface area contributed by atoms with Crippen LogP contribution in [-0.4, -0.2) is 14.9 Å². The van der Waals surface area contributed by atoms with Crippen molar-refractivity contribution in [3.05, 3.63) is 0 Å². The van der Waals surface area contributed by atoms with Gasteiger partial charge in [-0.25, -0.2) is 0 Å². The second-order valence-corrected chi connectivity index (χ2v) is 10.3. The first-order chi connectivity index (χ1) is 9.24. The van der Waals surface area contributed by atoms with Crippen molar-refractivity contribution in [2.75, 3.05) is 6.61 Å². The minimum Gasteiger partial charge on any atom is -0.417 e. The van der Waals surface area contributed by atoms with E-state index in [0.29, 0.717) is 0 Å². The maximum atomic E-state index is 6.25. The van der Waals surface area contributed by atoms with Gasteiger partial charge < -0.3 is 4.43 Å². The van der Waals surface area contributed by atoms with E-state index >= 15 is 0 Å². The van der Waals surface area contributed by atoms with Crippen molar-refractivity contribution in [1.82, 2.24) is 0 Å². The first-order valence-electron chi connectivity index (χ1n) is 8.32. The van der Waals surface area contributed by atoms with Crippen molar-refractivity contribution >= 4 is 8.32 Å². The summed E-state index contributed by atoms with van der Waals surface area (Å²) in [7, 11) is -1.33. The Morgan fingerprint density at radius 3 is 1.74 bits per heavy atom. The van der Waals surface area contributed by atoms with Crippen molar-refractivity contribution < 1.29 is 4.43 Å². The summed E-state index contributed by atoms with van der Waals surface area (Å²) in [4.78, 5) is 0. The van der Waals surface area contributed by atoms with Crippen LogP contribution in [0.25, 0.3) is 0 Å². The largest absolute Gasteiger partial charge is 0.417 e. The molecular formula is C17H34OSi. The molecule has 0 aliphatic carbocycles. The highest BCUT2D eigenvalue weighted by Crippen LogP contribution is 2.22. The maximum Gasteiger partial charge on any atom is 0.191 e. The van der Waals surface area contributed by atoms with E-state index in [9.17, 15) is 0 Å². The van der Waals surface area contributed by atoms with Crippen molar-refractivity contribution in [2.45, 2.75) is 90.3 Å². The Bertz CT molecular complexity index is 220. The van der Waals surface area contributed by atoms with Crippen LogP contribution < -0.4 is 0 Å². The van der Waals surface area contributed by atoms with E-state index < -0.39 is 8.32 Å². The normalized spacial score (nSPS) is 11.5. The molecule has 0 radical (unpaired) electrons. The average Bonchev–Trinajstić information content (AvgIpc) is 2.46. The van der Waals surface area contributed by atoms with Gasteiger partial charge in [0.05, 0.1) is 0 Å². The van der Waals surface area contributed by atoms with Gasteiger partial charge in [-0.2, -0.15) is 0 Å². The summed E-state index contributed by atoms with van der Waals surface area (Å²) in [5.74, 6) is 2.70. The molecular weight excluding hydrogens is 248 g/mol. The molecule has 112 valence electrons. The molecule has 0 aromatic heterocycles. The first kappa shape index (κ1) is 18.7. The summed E-state index contributed by atoms with van der Waals surface area (Å²) in [6.45, 7) is 7.90. The molecule has 0 saturated carbocycles. The Balaban J connectivity index is 3.38. The van der Waals surface area contributed by atoms with Crippen LogP contribution in [0.15, 0.2) is 0 Å². The van der Waals surface area contributed by atoms with E-state index in [1.807, 2.05) is 0 Å². The van der Waals surface area contributed by atoms with Crippen LogP contribution in [0.4, 0.5) is 0 Å². The van der Waals surface area contributed by atoms with Gasteiger partial charge in [0.2, 0.25) is 0 Å². The van der Waals surface area contributed by atoms with E-state index in [1.54, 1.807) is 0 Å². The second-order valence-electron chi connectivity index (χ2n) is 5.52. The third kappa shape index (κ3) is 9.30. The summed E-state index contributed by atoms with van der Waals surface area (Å²) in [5, 5.41) is 0. The Hall–Kier alpha value is -0.263. The molecule has 0 fully saturated rings. The summed E-state index contributed by atoms with van der Waals surface area (Å²) < 4.78 is 6.25. The molecule has 0 N–H and O–H groups in total. The third-order valence-electron chi connectivity index (χ3n) is 4.31. The number of hydrogen-bond acceptors (Lipinski definition) is 1. The molecule has 0 amide bonds. The zero-order valence-corrected chi connectivity index (χ0v) is 14.5. The van der Waals surface area contributed by atoms with Crippen LogP contribution in [0.3, 0.4) is 0 Å². The van der Waals surface area contributed by atoms with Crippen LogP contribution in [0, 0.1) is 12.3 Å². The van der Waals surface area contributed by atoms with Gasteiger partial charge in [-0.3, -0.25) is 0 Å². The van der Waals surface area contributed by atoms with E-state index in [1.165, 1.54) is 63.1 Å². The van der Waals surface area contributed by atoms with Gasteiger partial charge in [0.1, 0.15) is 0 Å². The Kier molecular flexibility index (Phi) is 12.6. The number of hydrogen-bond donors (Lipinski definition) is 0. The van der Waals surface area contributed by atoms with Crippen molar-refractivity contribution in [2.24, 2.45) is 0 Å². The van der Waals surface area contributed by atoms with Gasteiger partial charge in [-0.15, -0.1) is 12.3 Å². The highest BCUT2D eigenvalue weighted by molar-refractivity contribution is 6.73. The van der Waals surface area contributed by atoms with Gasteiger partial charge in [-0.05, 0) is 31.0 Å². The van der Waals surface area contributed by atoms with Crippen LogP contribution in [-0.2, 0) is 4.43 Å². The fourth-order valence-electron chi connectivity index (χ4n) is 2.56. The quantitative estimate of drug-likeness (QED) is 0.237. The summed E-state index contributed by atoms with van der Waals surface area (Å²) in [5.41, 5.74) is 0. The minimum atomic E-state index is -1.33. The highest BCUT2D eigenvalue weighted by atomic mass is 28.4. The van der Waals surface area contributed by atoms with Crippen molar-refractivity contribution in [3.8, 4) is 12.3 Å². The number of rotatable bonds is 13. The molecule has 0 aliphatic rings. The molecule has 1 nitrogen and oxygen atoms in total. The maximum absolute atomic E-state index is 6.25. The van der Waals surface area contributed by atoms with Gasteiger partial charge >= 0.3 is 0 Å². The van der Waals surface area contributed by atoms with E-state index in [0.717, 1.165) is 13.0 Å². The molecule has 0 aliphatic heterocycles. The molecule has 0 aromatic rings. The summed E-state index contributed by atoms with van der Waals surface area (Å²) in [6, 6.07) is 3.82. The zero-order valence-electron chi connectivity index (χ0n) is 13.5. The van der Waals surface area contributed by atoms with Crippen LogP contribution >= 0.6 is 0 Å². The lowest BCUT2D eigenvalue weighted by molar-refractivity contribution is 0.287. The molecule has 2 heteroatoms. The first-order valence-corrected chi connectivity index (χ1v) is 10.8. The predicted octanol–water partition coefficient (Wildman–Crippen LogP) is 5.76. The van der Waals surface area contributed by atoms with Crippen molar-refractivity contribution in [3.63, 3.8) is 0 Å². The molecule has 19 heavy (non-hydrogen) atoms. The lowest BCUT2D eigenvalue weighted by Crippen LogP contribution is -2.36. The molecule has 0 heterocycles. The molecule has 0 rings (SSSR count). The summed E-state index contributed by atoms with van der Waals surface area (Å²) >= 11 is 0. The zero-order chi connectivity index (χ0) is 14.4. The topological polar surface area (TPSA) is 9.23 Å². The van der Waals surface area contributed by atoms with Gasteiger partial charge in [0, 0.05) is 13.0 Å². The lowest BCUT2D eigenvalue weighted by atomic mass is 10.1. The van der Waals surface area contributed by atoms with Crippen LogP contribution in [0.5, 0.6) is 0 Å². The predicted molar refractivity (Wildman–Crippen MR) is 88.9 cm³/mol. The fraction of sp³-hybridized carbons (Fsp3) is 0.882. The van der Waals surface area contributed by atoms with Gasteiger partial charge in [0.25, 0.3) is 0 Å². The highest BCUT2D eigenvalue weighted by Gasteiger charge is 2.27. The molecule has 0 atom stereocenters. The standard InChI is InChI=1S/C17H34OSi/c1-5-9-10-11-12-13-14-15-16-17-18-19(6-2,7-3)8-4/h1H,6-17H2,2-4H3. The van der Waals surface area contributed by atoms with E-state index in [-0.39, 0.29) is 0 Å². The molecule has 0 spiro atoms. The Labute approximate surface area is 122 Å². The number of unbranched alkanes of at least 4 members (excludes halogenated alkanes) is 7. The van der Waals surface area contributed by atoms with Crippen molar-refractivity contribution in [1.29, 1.82) is 0 Å². The number of terminal acetylenes is 1. The Morgan fingerprint density at radius 2 is 1.26 bits per heavy atom. The van der Waals surface area contributed by atoms with Gasteiger partial charge in [-0.1, -0.05) is 52.9 Å². The van der Waals surface area contributed by atoms with Crippen LogP contribution in [0.1, 0.15) is 72.1 Å². The molecule has 0 saturated heterocycles. The fourth-order valence-corrected chi connectivity index (χ4v) is 5.25. The third-order valence-corrected chi connectivity index (χ3v) is 8.99.